The molecule has 0 aliphatic heterocycles. The molecule has 0 unspecified atom stereocenters. The summed E-state index contributed by atoms with van der Waals surface area (Å²) >= 11 is 12.0. The number of halogens is 2. The van der Waals surface area contributed by atoms with Gasteiger partial charge in [-0.25, -0.2) is 21.1 Å². The number of nitrogens with zero attached hydrogens (tertiary/aromatic N) is 1. The van der Waals surface area contributed by atoms with Gasteiger partial charge in [-0.1, -0.05) is 65.7 Å². The van der Waals surface area contributed by atoms with Gasteiger partial charge in [-0.05, 0) is 78.1 Å². The Morgan fingerprint density at radius 1 is 0.717 bits per heavy atom. The van der Waals surface area contributed by atoms with Crippen LogP contribution in [0.1, 0.15) is 28.7 Å². The molecule has 4 aromatic rings. The van der Waals surface area contributed by atoms with Gasteiger partial charge in [0.25, 0.3) is 0 Å². The maximum Gasteiger partial charge on any atom is 0.242 e. The van der Waals surface area contributed by atoms with E-state index in [2.05, 4.69) is 10.6 Å². The molecule has 46 heavy (non-hydrogen) atoms. The molecule has 13 heteroatoms. The minimum absolute atomic E-state index is 0.0375. The van der Waals surface area contributed by atoms with Gasteiger partial charge in [-0.2, -0.15) is 0 Å². The van der Waals surface area contributed by atoms with Gasteiger partial charge in [-0.3, -0.25) is 9.59 Å². The lowest BCUT2D eigenvalue weighted by molar-refractivity contribution is -0.116. The van der Waals surface area contributed by atoms with Gasteiger partial charge < -0.3 is 10.6 Å². The van der Waals surface area contributed by atoms with Crippen molar-refractivity contribution in [1.82, 2.24) is 4.31 Å². The molecule has 0 radical (unpaired) electrons. The molecular weight excluding hydrogens is 669 g/mol. The summed E-state index contributed by atoms with van der Waals surface area (Å²) in [6.45, 7) is 1.78. The van der Waals surface area contributed by atoms with Crippen LogP contribution >= 0.6 is 23.2 Å². The summed E-state index contributed by atoms with van der Waals surface area (Å²) in [4.78, 5) is 25.4. The van der Waals surface area contributed by atoms with Crippen molar-refractivity contribution in [3.05, 3.63) is 117 Å². The number of anilines is 2. The summed E-state index contributed by atoms with van der Waals surface area (Å²) in [5, 5.41) is 6.24. The van der Waals surface area contributed by atoms with Crippen molar-refractivity contribution in [1.29, 1.82) is 0 Å². The highest BCUT2D eigenvalue weighted by molar-refractivity contribution is 7.90. The van der Waals surface area contributed by atoms with Crippen LogP contribution in [0.25, 0.3) is 0 Å². The summed E-state index contributed by atoms with van der Waals surface area (Å²) in [6, 6.07) is 22.5. The van der Waals surface area contributed by atoms with E-state index >= 15 is 0 Å². The molecule has 4 aromatic carbocycles. The molecular formula is C33H33Cl2N3O6S2. The Morgan fingerprint density at radius 3 is 2.07 bits per heavy atom. The molecule has 0 bridgehead atoms. The van der Waals surface area contributed by atoms with E-state index in [1.807, 2.05) is 0 Å². The maximum atomic E-state index is 13.2. The van der Waals surface area contributed by atoms with Crippen molar-refractivity contribution < 1.29 is 26.4 Å². The molecule has 0 aliphatic rings. The Hall–Kier alpha value is -3.74. The monoisotopic (exact) mass is 701 g/mol. The standard InChI is InChI=1S/C33H33Cl2N3O6S2/c1-22-7-14-28(46(43,44)38(2)3)20-31(22)37-32(39)16-13-23-8-10-24(11-9-23)21-45(41,42)27-6-4-5-26(19-27)36-33(40)18-25-12-15-29(34)30(35)17-25/h4-12,14-15,17,19-20H,13,16,18,21H2,1-3H3,(H,36,40)(H,37,39). The highest BCUT2D eigenvalue weighted by Gasteiger charge is 2.19. The van der Waals surface area contributed by atoms with E-state index in [-0.39, 0.29) is 40.2 Å². The molecule has 0 aliphatic carbocycles. The summed E-state index contributed by atoms with van der Waals surface area (Å²) in [6.07, 6.45) is 0.582. The first-order chi connectivity index (χ1) is 21.6. The highest BCUT2D eigenvalue weighted by Crippen LogP contribution is 2.25. The second kappa shape index (κ2) is 14.8. The average Bonchev–Trinajstić information content (AvgIpc) is 2.99. The normalized spacial score (nSPS) is 11.8. The summed E-state index contributed by atoms with van der Waals surface area (Å²) in [5.74, 6) is -0.865. The fourth-order valence-corrected chi connectivity index (χ4v) is 7.13. The van der Waals surface area contributed by atoms with Crippen molar-refractivity contribution in [2.24, 2.45) is 0 Å². The molecule has 0 saturated heterocycles. The van der Waals surface area contributed by atoms with Gasteiger partial charge in [0.1, 0.15) is 0 Å². The number of amides is 2. The van der Waals surface area contributed by atoms with Gasteiger partial charge in [0.05, 0.1) is 32.0 Å². The maximum absolute atomic E-state index is 13.2. The third kappa shape index (κ3) is 9.17. The fourth-order valence-electron chi connectivity index (χ4n) is 4.49. The fraction of sp³-hybridized carbons (Fsp3) is 0.212. The number of carbonyl (C=O) groups is 2. The van der Waals surface area contributed by atoms with Gasteiger partial charge in [0.15, 0.2) is 9.84 Å². The van der Waals surface area contributed by atoms with Crippen LogP contribution in [-0.4, -0.2) is 47.1 Å². The van der Waals surface area contributed by atoms with Crippen LogP contribution in [0.15, 0.2) is 94.7 Å². The molecule has 0 spiro atoms. The zero-order valence-corrected chi connectivity index (χ0v) is 28.5. The molecule has 0 atom stereocenters. The Labute approximate surface area is 279 Å². The first kappa shape index (κ1) is 35.1. The lowest BCUT2D eigenvalue weighted by Gasteiger charge is -2.14. The third-order valence-electron chi connectivity index (χ3n) is 7.11. The minimum Gasteiger partial charge on any atom is -0.326 e. The summed E-state index contributed by atoms with van der Waals surface area (Å²) < 4.78 is 52.4. The zero-order chi connectivity index (χ0) is 33.6. The first-order valence-electron chi connectivity index (χ1n) is 14.1. The van der Waals surface area contributed by atoms with E-state index in [1.54, 1.807) is 67.6 Å². The number of sulfone groups is 1. The Balaban J connectivity index is 1.33. The SMILES string of the molecule is Cc1ccc(S(=O)(=O)N(C)C)cc1NC(=O)CCc1ccc(CS(=O)(=O)c2cccc(NC(=O)Cc3ccc(Cl)c(Cl)c3)c2)cc1. The van der Waals surface area contributed by atoms with Gasteiger partial charge in [-0.15, -0.1) is 0 Å². The van der Waals surface area contributed by atoms with E-state index in [0.717, 1.165) is 15.4 Å². The lowest BCUT2D eigenvalue weighted by atomic mass is 10.1. The van der Waals surface area contributed by atoms with Crippen LogP contribution in [0.4, 0.5) is 11.4 Å². The lowest BCUT2D eigenvalue weighted by Crippen LogP contribution is -2.22. The zero-order valence-electron chi connectivity index (χ0n) is 25.4. The number of hydrogen-bond acceptors (Lipinski definition) is 6. The Morgan fingerprint density at radius 2 is 1.39 bits per heavy atom. The van der Waals surface area contributed by atoms with Crippen LogP contribution in [0.2, 0.25) is 10.0 Å². The topological polar surface area (TPSA) is 130 Å². The van der Waals surface area contributed by atoms with Crippen molar-refractivity contribution in [2.75, 3.05) is 24.7 Å². The van der Waals surface area contributed by atoms with E-state index < -0.39 is 19.9 Å². The molecule has 4 rings (SSSR count). The number of nitrogens with one attached hydrogen (secondary N) is 2. The van der Waals surface area contributed by atoms with E-state index in [9.17, 15) is 26.4 Å². The van der Waals surface area contributed by atoms with Crippen LogP contribution in [0.5, 0.6) is 0 Å². The number of hydrogen-bond donors (Lipinski definition) is 2. The predicted molar refractivity (Wildman–Crippen MR) is 182 cm³/mol. The highest BCUT2D eigenvalue weighted by atomic mass is 35.5. The molecule has 2 amide bonds. The van der Waals surface area contributed by atoms with Crippen molar-refractivity contribution >= 4 is 66.3 Å². The third-order valence-corrected chi connectivity index (χ3v) is 11.3. The molecule has 0 fully saturated rings. The predicted octanol–water partition coefficient (Wildman–Crippen LogP) is 6.28. The quantitative estimate of drug-likeness (QED) is 0.179. The minimum atomic E-state index is -3.73. The van der Waals surface area contributed by atoms with Crippen molar-refractivity contribution in [3.63, 3.8) is 0 Å². The van der Waals surface area contributed by atoms with Crippen LogP contribution in [0, 0.1) is 6.92 Å². The van der Waals surface area contributed by atoms with E-state index in [4.69, 9.17) is 23.2 Å². The first-order valence-corrected chi connectivity index (χ1v) is 18.0. The molecule has 0 aromatic heterocycles. The van der Waals surface area contributed by atoms with E-state index in [0.29, 0.717) is 39.0 Å². The molecule has 0 saturated carbocycles. The van der Waals surface area contributed by atoms with Crippen LogP contribution < -0.4 is 10.6 Å². The summed E-state index contributed by atoms with van der Waals surface area (Å²) in [5.41, 5.74) is 3.57. The van der Waals surface area contributed by atoms with Crippen molar-refractivity contribution in [2.45, 2.75) is 41.7 Å². The Kier molecular flexibility index (Phi) is 11.3. The number of rotatable bonds is 12. The largest absolute Gasteiger partial charge is 0.326 e. The van der Waals surface area contributed by atoms with Gasteiger partial charge >= 0.3 is 0 Å². The molecule has 9 nitrogen and oxygen atoms in total. The number of carbonyl (C=O) groups excluding carboxylic acids is 2. The molecule has 0 heterocycles. The number of sulfonamides is 1. The molecule has 2 N–H and O–H groups in total. The second-order valence-electron chi connectivity index (χ2n) is 10.9. The van der Waals surface area contributed by atoms with Crippen LogP contribution in [0.3, 0.4) is 0 Å². The van der Waals surface area contributed by atoms with Gasteiger partial charge in [0, 0.05) is 31.9 Å². The van der Waals surface area contributed by atoms with Crippen LogP contribution in [-0.2, 0) is 48.0 Å². The second-order valence-corrected chi connectivity index (χ2v) is 15.8. The number of aryl methyl sites for hydroxylation is 2. The Bertz CT molecular complexity index is 1980. The summed E-state index contributed by atoms with van der Waals surface area (Å²) in [7, 11) is -4.50. The van der Waals surface area contributed by atoms with E-state index in [1.165, 1.54) is 38.4 Å². The van der Waals surface area contributed by atoms with Gasteiger partial charge in [0.2, 0.25) is 21.8 Å². The smallest absolute Gasteiger partial charge is 0.242 e. The molecule has 242 valence electrons. The number of benzene rings is 4. The van der Waals surface area contributed by atoms with Crippen molar-refractivity contribution in [3.8, 4) is 0 Å². The average molecular weight is 703 g/mol.